The van der Waals surface area contributed by atoms with E-state index < -0.39 is 60.7 Å². The molecule has 0 amide bonds. The summed E-state index contributed by atoms with van der Waals surface area (Å²) in [6.45, 7) is -4.23. The fourth-order valence-electron chi connectivity index (χ4n) is 6.15. The molecule has 0 spiro atoms. The molecular formula is C39H36N5O13-3. The van der Waals surface area contributed by atoms with Crippen LogP contribution in [-0.4, -0.2) is 96.4 Å². The lowest BCUT2D eigenvalue weighted by molar-refractivity contribution is -0.384. The van der Waals surface area contributed by atoms with Crippen LogP contribution in [0.25, 0.3) is 33.4 Å². The van der Waals surface area contributed by atoms with Crippen molar-refractivity contribution >= 4 is 57.6 Å². The van der Waals surface area contributed by atoms with Crippen LogP contribution in [0.5, 0.6) is 11.5 Å². The Morgan fingerprint density at radius 2 is 1.23 bits per heavy atom. The Hall–Kier alpha value is -7.37. The zero-order valence-corrected chi connectivity index (χ0v) is 31.2. The predicted molar refractivity (Wildman–Crippen MR) is 198 cm³/mol. The highest BCUT2D eigenvalue weighted by atomic mass is 16.6. The summed E-state index contributed by atoms with van der Waals surface area (Å²) in [5, 5.41) is 59.5. The van der Waals surface area contributed by atoms with E-state index >= 15 is 0 Å². The second-order valence-electron chi connectivity index (χ2n) is 13.1. The van der Waals surface area contributed by atoms with E-state index in [2.05, 4.69) is 0 Å². The summed E-state index contributed by atoms with van der Waals surface area (Å²) in [7, 11) is 7.56. The van der Waals surface area contributed by atoms with Gasteiger partial charge < -0.3 is 68.2 Å². The lowest BCUT2D eigenvalue weighted by Gasteiger charge is -2.28. The van der Waals surface area contributed by atoms with Gasteiger partial charge in [0.15, 0.2) is 0 Å². The Morgan fingerprint density at radius 1 is 0.684 bits per heavy atom. The van der Waals surface area contributed by atoms with Gasteiger partial charge >= 0.3 is 0 Å². The molecule has 0 atom stereocenters. The van der Waals surface area contributed by atoms with Gasteiger partial charge in [0.1, 0.15) is 50.2 Å². The Balaban J connectivity index is 1.60. The molecule has 2 aliphatic rings. The van der Waals surface area contributed by atoms with Gasteiger partial charge in [0, 0.05) is 54.5 Å². The van der Waals surface area contributed by atoms with Crippen LogP contribution in [0.2, 0.25) is 0 Å². The van der Waals surface area contributed by atoms with Crippen LogP contribution < -0.4 is 54.5 Å². The number of carboxylic acid groups (broad SMARTS) is 4. The highest BCUT2D eigenvalue weighted by molar-refractivity contribution is 6.03. The smallest absolute Gasteiger partial charge is 0.273 e. The SMILES string of the molecule is CN(C)c1ccc2c(-c3ccc(N(CC(=O)[O-])CC(=O)[O-])c(OCCOc4cc([N+](=O)[O-])ccc4N(CC(=O)[O-])CC(=O)[O-])c3)c3ccc(=[N+](C)C)cc-3oc2c1. The van der Waals surface area contributed by atoms with Gasteiger partial charge in [-0.2, -0.15) is 0 Å². The molecule has 18 nitrogen and oxygen atoms in total. The Bertz CT molecular complexity index is 2370. The fraction of sp³-hybridized carbons (Fsp3) is 0.256. The third-order valence-electron chi connectivity index (χ3n) is 8.68. The van der Waals surface area contributed by atoms with E-state index in [1.807, 2.05) is 74.1 Å². The number of carboxylic acids is 4. The first-order valence-corrected chi connectivity index (χ1v) is 17.2. The first kappa shape index (κ1) is 40.8. The third kappa shape index (κ3) is 9.85. The van der Waals surface area contributed by atoms with Crippen LogP contribution in [0.1, 0.15) is 0 Å². The molecule has 0 saturated carbocycles. The molecule has 1 aliphatic heterocycles. The second kappa shape index (κ2) is 17.4. The van der Waals surface area contributed by atoms with Gasteiger partial charge in [-0.1, -0.05) is 6.07 Å². The number of benzene rings is 4. The summed E-state index contributed by atoms with van der Waals surface area (Å²) in [6.07, 6.45) is 0. The quantitative estimate of drug-likeness (QED) is 0.0315. The maximum atomic E-state index is 11.7. The summed E-state index contributed by atoms with van der Waals surface area (Å²) in [5.74, 6) is -6.16. The minimum absolute atomic E-state index is 0.00492. The number of ether oxygens (including phenoxy) is 2. The topological polar surface area (TPSA) is 248 Å². The van der Waals surface area contributed by atoms with Crippen molar-refractivity contribution in [3.8, 4) is 33.9 Å². The monoisotopic (exact) mass is 782 g/mol. The van der Waals surface area contributed by atoms with Gasteiger partial charge in [0.05, 0.1) is 78.5 Å². The average molecular weight is 783 g/mol. The minimum atomic E-state index is -1.64. The standard InChI is InChI=1S/C39H39N5O13/c1-40(2)24-6-9-27-31(16-24)57-32-17-25(41(3)4)7-10-28(32)39(27)23-5-11-29(42(19-35(45)46)20-36(47)48)33(15-23)55-13-14-56-34-18-26(44(53)54)8-12-30(34)43(21-37(49)50)22-38(51)52/h5-12,15-18H,13-14,19-22H2,1-4H3,(H3-,45,46,47,48,49,50,51,52)/p-3. The number of aliphatic carboxylic acids is 4. The molecule has 0 radical (unpaired) electrons. The molecular weight excluding hydrogens is 746 g/mol. The van der Waals surface area contributed by atoms with Crippen molar-refractivity contribution in [1.82, 2.24) is 4.58 Å². The van der Waals surface area contributed by atoms with E-state index in [9.17, 15) is 49.7 Å². The molecule has 0 aromatic heterocycles. The van der Waals surface area contributed by atoms with E-state index in [0.717, 1.165) is 39.0 Å². The van der Waals surface area contributed by atoms with Crippen LogP contribution in [-0.2, 0) is 19.2 Å². The molecule has 0 unspecified atom stereocenters. The highest BCUT2D eigenvalue weighted by Crippen LogP contribution is 2.43. The van der Waals surface area contributed by atoms with Crippen LogP contribution in [0.3, 0.4) is 0 Å². The number of hydrogen-bond donors (Lipinski definition) is 0. The molecule has 3 aromatic rings. The van der Waals surface area contributed by atoms with Gasteiger partial charge in [-0.05, 0) is 42.0 Å². The first-order valence-electron chi connectivity index (χ1n) is 17.2. The summed E-state index contributed by atoms with van der Waals surface area (Å²) < 4.78 is 20.2. The number of carbonyl (C=O) groups excluding carboxylic acids is 4. The maximum Gasteiger partial charge on any atom is 0.273 e. The van der Waals surface area contributed by atoms with Crippen LogP contribution in [0.4, 0.5) is 22.7 Å². The summed E-state index contributed by atoms with van der Waals surface area (Å²) >= 11 is 0. The lowest BCUT2D eigenvalue weighted by atomic mass is 9.93. The molecule has 298 valence electrons. The van der Waals surface area contributed by atoms with Gasteiger partial charge in [-0.15, -0.1) is 0 Å². The molecule has 0 bridgehead atoms. The number of rotatable bonds is 18. The summed E-state index contributed by atoms with van der Waals surface area (Å²) in [5.41, 5.74) is 2.87. The zero-order valence-electron chi connectivity index (χ0n) is 31.2. The van der Waals surface area contributed by atoms with Crippen LogP contribution in [0.15, 0.2) is 77.2 Å². The second-order valence-corrected chi connectivity index (χ2v) is 13.1. The van der Waals surface area contributed by atoms with Crippen molar-refractivity contribution in [2.75, 3.05) is 82.3 Å². The molecule has 57 heavy (non-hydrogen) atoms. The largest absolute Gasteiger partial charge is 0.548 e. The summed E-state index contributed by atoms with van der Waals surface area (Å²) in [6, 6.07) is 19.2. The number of nitro benzene ring substituents is 1. The molecule has 0 fully saturated rings. The molecule has 1 aliphatic carbocycles. The van der Waals surface area contributed by atoms with Crippen molar-refractivity contribution in [1.29, 1.82) is 0 Å². The van der Waals surface area contributed by atoms with Crippen LogP contribution in [0, 0.1) is 10.1 Å². The Kier molecular flexibility index (Phi) is 12.5. The third-order valence-corrected chi connectivity index (χ3v) is 8.68. The predicted octanol–water partition coefficient (Wildman–Crippen LogP) is -1.72. The number of nitro groups is 1. The number of fused-ring (bicyclic) bond motifs is 2. The number of anilines is 3. The zero-order chi connectivity index (χ0) is 41.6. The van der Waals surface area contributed by atoms with E-state index in [1.54, 1.807) is 12.1 Å². The Labute approximate surface area is 324 Å². The Morgan fingerprint density at radius 3 is 1.74 bits per heavy atom. The number of carbonyl (C=O) groups is 4. The minimum Gasteiger partial charge on any atom is -0.548 e. The van der Waals surface area contributed by atoms with Crippen LogP contribution >= 0.6 is 0 Å². The van der Waals surface area contributed by atoms with Gasteiger partial charge in [0.2, 0.25) is 5.36 Å². The molecule has 1 heterocycles. The van der Waals surface area contributed by atoms with E-state index in [1.165, 1.54) is 6.07 Å². The maximum absolute atomic E-state index is 11.7. The number of nitrogens with zero attached hydrogens (tertiary/aromatic N) is 5. The molecule has 0 saturated heterocycles. The molecule has 5 rings (SSSR count). The fourth-order valence-corrected chi connectivity index (χ4v) is 6.15. The summed E-state index contributed by atoms with van der Waals surface area (Å²) in [4.78, 5) is 60.9. The number of hydrogen-bond acceptors (Lipinski definition) is 16. The van der Waals surface area contributed by atoms with E-state index in [-0.39, 0.29) is 36.1 Å². The van der Waals surface area contributed by atoms with Crippen molar-refractivity contribution in [3.05, 3.63) is 88.3 Å². The van der Waals surface area contributed by atoms with Crippen molar-refractivity contribution in [2.24, 2.45) is 0 Å². The van der Waals surface area contributed by atoms with Gasteiger partial charge in [-0.25, -0.2) is 4.58 Å². The molecule has 3 aromatic carbocycles. The lowest BCUT2D eigenvalue weighted by Crippen LogP contribution is -2.44. The number of non-ortho nitro benzene ring substituents is 1. The van der Waals surface area contributed by atoms with Crippen molar-refractivity contribution in [2.45, 2.75) is 0 Å². The van der Waals surface area contributed by atoms with Crippen molar-refractivity contribution < 1.29 is 58.4 Å². The normalized spacial score (nSPS) is 10.9. The van der Waals surface area contributed by atoms with E-state index in [4.69, 9.17) is 13.9 Å². The van der Waals surface area contributed by atoms with Crippen molar-refractivity contribution in [3.63, 3.8) is 0 Å². The van der Waals surface area contributed by atoms with E-state index in [0.29, 0.717) is 33.4 Å². The highest BCUT2D eigenvalue weighted by Gasteiger charge is 2.23. The van der Waals surface area contributed by atoms with Gasteiger partial charge in [0.25, 0.3) is 5.69 Å². The van der Waals surface area contributed by atoms with Gasteiger partial charge in [-0.3, -0.25) is 10.1 Å². The molecule has 18 heteroatoms. The first-order chi connectivity index (χ1) is 27.0. The molecule has 0 N–H and O–H groups in total. The average Bonchev–Trinajstić information content (AvgIpc) is 3.13.